The van der Waals surface area contributed by atoms with Gasteiger partial charge in [0.15, 0.2) is 0 Å². The molecule has 5 nitrogen and oxygen atoms in total. The molecule has 0 aliphatic rings. The van der Waals surface area contributed by atoms with Crippen LogP contribution in [-0.2, 0) is 9.59 Å². The van der Waals surface area contributed by atoms with Crippen molar-refractivity contribution in [2.24, 2.45) is 0 Å². The van der Waals surface area contributed by atoms with Crippen LogP contribution in [0, 0.1) is 0 Å². The molecule has 0 atom stereocenters. The first-order valence-electron chi connectivity index (χ1n) is 7.04. The lowest BCUT2D eigenvalue weighted by molar-refractivity contribution is -0.121. The number of anilines is 2. The average Bonchev–Trinajstić information content (AvgIpc) is 2.44. The molecule has 0 saturated carbocycles. The number of hydrogen-bond donors (Lipinski definition) is 3. The fourth-order valence-corrected chi connectivity index (χ4v) is 1.76. The molecule has 1 aromatic rings. The number of carbonyl (C=O) groups excluding carboxylic acids is 2. The Balaban J connectivity index is 2.12. The van der Waals surface area contributed by atoms with Gasteiger partial charge in [-0.1, -0.05) is 25.5 Å². The zero-order valence-electron chi connectivity index (χ0n) is 11.9. The van der Waals surface area contributed by atoms with Gasteiger partial charge in [0.05, 0.1) is 11.4 Å². The molecule has 0 radical (unpaired) electrons. The summed E-state index contributed by atoms with van der Waals surface area (Å²) < 4.78 is 0. The van der Waals surface area contributed by atoms with E-state index in [-0.39, 0.29) is 11.8 Å². The van der Waals surface area contributed by atoms with Gasteiger partial charge < -0.3 is 16.4 Å². The number of nitrogens with two attached hydrogens (primary N) is 1. The molecule has 110 valence electrons. The van der Waals surface area contributed by atoms with Crippen molar-refractivity contribution >= 4 is 23.2 Å². The Morgan fingerprint density at radius 1 is 1.10 bits per heavy atom. The number of amides is 2. The molecule has 4 N–H and O–H groups in total. The highest BCUT2D eigenvalue weighted by Crippen LogP contribution is 2.17. The fraction of sp³-hybridized carbons (Fsp3) is 0.467. The van der Waals surface area contributed by atoms with Gasteiger partial charge in [-0.05, 0) is 25.0 Å². The Morgan fingerprint density at radius 2 is 1.85 bits per heavy atom. The van der Waals surface area contributed by atoms with E-state index in [2.05, 4.69) is 10.6 Å². The van der Waals surface area contributed by atoms with E-state index in [1.165, 1.54) is 0 Å². The van der Waals surface area contributed by atoms with Crippen molar-refractivity contribution in [2.75, 3.05) is 17.6 Å². The third-order valence-electron chi connectivity index (χ3n) is 2.96. The van der Waals surface area contributed by atoms with Crippen LogP contribution < -0.4 is 16.4 Å². The lowest BCUT2D eigenvalue weighted by Gasteiger charge is -2.07. The van der Waals surface area contributed by atoms with Crippen LogP contribution >= 0.6 is 0 Å². The standard InChI is InChI=1S/C15H23N3O2/c1-2-14(19)17-11-7-3-4-10-15(20)18-13-9-6-5-8-12(13)16/h5-6,8-9H,2-4,7,10-11,16H2,1H3,(H,17,19)(H,18,20). The highest BCUT2D eigenvalue weighted by Gasteiger charge is 2.04. The third kappa shape index (κ3) is 6.22. The molecule has 0 aliphatic heterocycles. The number of rotatable bonds is 8. The Labute approximate surface area is 119 Å². The number of nitrogens with one attached hydrogen (secondary N) is 2. The smallest absolute Gasteiger partial charge is 0.224 e. The van der Waals surface area contributed by atoms with Crippen LogP contribution in [0.15, 0.2) is 24.3 Å². The van der Waals surface area contributed by atoms with E-state index in [0.29, 0.717) is 30.8 Å². The minimum atomic E-state index is -0.0273. The predicted octanol–water partition coefficient (Wildman–Crippen LogP) is 2.29. The van der Waals surface area contributed by atoms with Crippen LogP contribution in [-0.4, -0.2) is 18.4 Å². The van der Waals surface area contributed by atoms with Gasteiger partial charge in [-0.15, -0.1) is 0 Å². The van der Waals surface area contributed by atoms with Gasteiger partial charge >= 0.3 is 0 Å². The molecule has 0 spiro atoms. The van der Waals surface area contributed by atoms with Crippen molar-refractivity contribution in [2.45, 2.75) is 39.0 Å². The molecule has 20 heavy (non-hydrogen) atoms. The molecule has 1 rings (SSSR count). The van der Waals surface area contributed by atoms with Gasteiger partial charge in [0.2, 0.25) is 11.8 Å². The summed E-state index contributed by atoms with van der Waals surface area (Å²) in [5, 5.41) is 5.61. The van der Waals surface area contributed by atoms with Gasteiger partial charge in [-0.2, -0.15) is 0 Å². The summed E-state index contributed by atoms with van der Waals surface area (Å²) in [6.45, 7) is 2.51. The normalized spacial score (nSPS) is 10.1. The Hall–Kier alpha value is -2.04. The minimum absolute atomic E-state index is 0.0273. The van der Waals surface area contributed by atoms with Crippen LogP contribution in [0.5, 0.6) is 0 Å². The minimum Gasteiger partial charge on any atom is -0.397 e. The van der Waals surface area contributed by atoms with Crippen molar-refractivity contribution in [1.29, 1.82) is 0 Å². The number of carbonyl (C=O) groups is 2. The summed E-state index contributed by atoms with van der Waals surface area (Å²) in [7, 11) is 0. The van der Waals surface area contributed by atoms with Crippen molar-refractivity contribution in [3.63, 3.8) is 0 Å². The molecular weight excluding hydrogens is 254 g/mol. The van der Waals surface area contributed by atoms with E-state index >= 15 is 0 Å². The molecule has 0 fully saturated rings. The Kier molecular flexibility index (Phi) is 7.17. The predicted molar refractivity (Wildman–Crippen MR) is 81.3 cm³/mol. The number of hydrogen-bond acceptors (Lipinski definition) is 3. The van der Waals surface area contributed by atoms with Crippen molar-refractivity contribution in [3.8, 4) is 0 Å². The summed E-state index contributed by atoms with van der Waals surface area (Å²) in [6, 6.07) is 7.21. The molecule has 0 aromatic heterocycles. The maximum atomic E-state index is 11.7. The van der Waals surface area contributed by atoms with Crippen LogP contribution in [0.3, 0.4) is 0 Å². The molecule has 0 unspecified atom stereocenters. The number of unbranched alkanes of at least 4 members (excludes halogenated alkanes) is 2. The van der Waals surface area contributed by atoms with E-state index < -0.39 is 0 Å². The first-order chi connectivity index (χ1) is 9.63. The first kappa shape index (κ1) is 16.0. The molecule has 1 aromatic carbocycles. The largest absolute Gasteiger partial charge is 0.397 e. The van der Waals surface area contributed by atoms with Gasteiger partial charge in [-0.3, -0.25) is 9.59 Å². The molecule has 0 heterocycles. The second-order valence-electron chi connectivity index (χ2n) is 4.65. The summed E-state index contributed by atoms with van der Waals surface area (Å²) in [5.41, 5.74) is 6.98. The topological polar surface area (TPSA) is 84.2 Å². The summed E-state index contributed by atoms with van der Waals surface area (Å²) in [6.07, 6.45) is 3.60. The molecular formula is C15H23N3O2. The summed E-state index contributed by atoms with van der Waals surface area (Å²) in [5.74, 6) is 0.0442. The van der Waals surface area contributed by atoms with Crippen molar-refractivity contribution in [3.05, 3.63) is 24.3 Å². The molecule has 5 heteroatoms. The second-order valence-corrected chi connectivity index (χ2v) is 4.65. The highest BCUT2D eigenvalue weighted by molar-refractivity contribution is 5.93. The van der Waals surface area contributed by atoms with E-state index in [0.717, 1.165) is 19.3 Å². The van der Waals surface area contributed by atoms with Crippen molar-refractivity contribution in [1.82, 2.24) is 5.32 Å². The molecule has 2 amide bonds. The highest BCUT2D eigenvalue weighted by atomic mass is 16.2. The van der Waals surface area contributed by atoms with Gasteiger partial charge in [0.25, 0.3) is 0 Å². The Bertz CT molecular complexity index is 446. The van der Waals surface area contributed by atoms with Gasteiger partial charge in [-0.25, -0.2) is 0 Å². The number of benzene rings is 1. The lowest BCUT2D eigenvalue weighted by Crippen LogP contribution is -2.23. The van der Waals surface area contributed by atoms with E-state index in [1.54, 1.807) is 12.1 Å². The maximum absolute atomic E-state index is 11.7. The fourth-order valence-electron chi connectivity index (χ4n) is 1.76. The van der Waals surface area contributed by atoms with Crippen LogP contribution in [0.4, 0.5) is 11.4 Å². The third-order valence-corrected chi connectivity index (χ3v) is 2.96. The van der Waals surface area contributed by atoms with E-state index in [9.17, 15) is 9.59 Å². The van der Waals surface area contributed by atoms with Gasteiger partial charge in [0.1, 0.15) is 0 Å². The molecule has 0 bridgehead atoms. The quantitative estimate of drug-likeness (QED) is 0.503. The number of nitrogen functional groups attached to an aromatic ring is 1. The summed E-state index contributed by atoms with van der Waals surface area (Å²) in [4.78, 5) is 22.7. The molecule has 0 aliphatic carbocycles. The first-order valence-corrected chi connectivity index (χ1v) is 7.04. The van der Waals surface area contributed by atoms with Gasteiger partial charge in [0, 0.05) is 19.4 Å². The van der Waals surface area contributed by atoms with Crippen LogP contribution in [0.2, 0.25) is 0 Å². The van der Waals surface area contributed by atoms with Crippen LogP contribution in [0.25, 0.3) is 0 Å². The zero-order valence-corrected chi connectivity index (χ0v) is 11.9. The monoisotopic (exact) mass is 277 g/mol. The van der Waals surface area contributed by atoms with E-state index in [1.807, 2.05) is 19.1 Å². The van der Waals surface area contributed by atoms with Crippen LogP contribution in [0.1, 0.15) is 39.0 Å². The number of para-hydroxylation sites is 2. The second kappa shape index (κ2) is 8.96. The average molecular weight is 277 g/mol. The molecule has 0 saturated heterocycles. The van der Waals surface area contributed by atoms with Crippen molar-refractivity contribution < 1.29 is 9.59 Å². The Morgan fingerprint density at radius 3 is 2.55 bits per heavy atom. The SMILES string of the molecule is CCC(=O)NCCCCCC(=O)Nc1ccccc1N. The van der Waals surface area contributed by atoms with E-state index in [4.69, 9.17) is 5.73 Å². The lowest BCUT2D eigenvalue weighted by atomic mass is 10.2. The zero-order chi connectivity index (χ0) is 14.8. The summed E-state index contributed by atoms with van der Waals surface area (Å²) >= 11 is 0. The maximum Gasteiger partial charge on any atom is 0.224 e.